The normalized spacial score (nSPS) is 16.9. The van der Waals surface area contributed by atoms with Crippen LogP contribution in [0.15, 0.2) is 18.5 Å². The number of rotatable bonds is 4. The number of nitrogens with zero attached hydrogens (tertiary/aromatic N) is 3. The van der Waals surface area contributed by atoms with Gasteiger partial charge in [0.25, 0.3) is 5.91 Å². The lowest BCUT2D eigenvalue weighted by Gasteiger charge is -2.14. The SMILES string of the molecule is Cc1cnccc1NC(=O)c1nn(CC2CC2)c2c1CCCC2. The Hall–Kier alpha value is -2.17. The number of aryl methyl sites for hydroxylation is 1. The third-order valence-corrected chi connectivity index (χ3v) is 4.87. The molecule has 2 aliphatic rings. The molecule has 1 saturated carbocycles. The summed E-state index contributed by atoms with van der Waals surface area (Å²) in [7, 11) is 0. The van der Waals surface area contributed by atoms with Gasteiger partial charge >= 0.3 is 0 Å². The predicted octanol–water partition coefficient (Wildman–Crippen LogP) is 3.13. The summed E-state index contributed by atoms with van der Waals surface area (Å²) in [5.41, 5.74) is 4.86. The summed E-state index contributed by atoms with van der Waals surface area (Å²) >= 11 is 0. The molecule has 5 nitrogen and oxygen atoms in total. The van der Waals surface area contributed by atoms with Gasteiger partial charge < -0.3 is 5.32 Å². The maximum absolute atomic E-state index is 12.7. The molecule has 0 bridgehead atoms. The average molecular weight is 310 g/mol. The zero-order valence-electron chi connectivity index (χ0n) is 13.5. The van der Waals surface area contributed by atoms with Gasteiger partial charge in [0.05, 0.1) is 0 Å². The van der Waals surface area contributed by atoms with Crippen LogP contribution in [0.4, 0.5) is 5.69 Å². The summed E-state index contributed by atoms with van der Waals surface area (Å²) in [5, 5.41) is 7.69. The highest BCUT2D eigenvalue weighted by Gasteiger charge is 2.29. The molecule has 2 aromatic heterocycles. The Labute approximate surface area is 136 Å². The first kappa shape index (κ1) is 14.4. The van der Waals surface area contributed by atoms with Gasteiger partial charge in [-0.05, 0) is 63.0 Å². The number of fused-ring (bicyclic) bond motifs is 1. The number of amides is 1. The highest BCUT2D eigenvalue weighted by molar-refractivity contribution is 6.04. The topological polar surface area (TPSA) is 59.8 Å². The molecule has 0 saturated heterocycles. The second-order valence-corrected chi connectivity index (χ2v) is 6.75. The fourth-order valence-electron chi connectivity index (χ4n) is 3.34. The quantitative estimate of drug-likeness (QED) is 0.944. The lowest BCUT2D eigenvalue weighted by molar-refractivity contribution is 0.102. The summed E-state index contributed by atoms with van der Waals surface area (Å²) in [5.74, 6) is 0.672. The van der Waals surface area contributed by atoms with Crippen LogP contribution < -0.4 is 5.32 Å². The lowest BCUT2D eigenvalue weighted by atomic mass is 9.95. The molecule has 2 heterocycles. The molecule has 23 heavy (non-hydrogen) atoms. The predicted molar refractivity (Wildman–Crippen MR) is 88.5 cm³/mol. The molecular formula is C18H22N4O. The summed E-state index contributed by atoms with van der Waals surface area (Å²) in [6.45, 7) is 2.92. The van der Waals surface area contributed by atoms with Crippen molar-refractivity contribution in [2.45, 2.75) is 52.0 Å². The highest BCUT2D eigenvalue weighted by Crippen LogP contribution is 2.33. The molecule has 0 spiro atoms. The van der Waals surface area contributed by atoms with Gasteiger partial charge in [-0.25, -0.2) is 0 Å². The maximum atomic E-state index is 12.7. The standard InChI is InChI=1S/C18H22N4O/c1-12-10-19-9-8-15(12)20-18(23)17-14-4-2-3-5-16(14)22(21-17)11-13-6-7-13/h8-10,13H,2-7,11H2,1H3,(H,19,20,23). The molecule has 1 amide bonds. The fraction of sp³-hybridized carbons (Fsp3) is 0.500. The van der Waals surface area contributed by atoms with Crippen molar-refractivity contribution in [3.63, 3.8) is 0 Å². The first-order valence-electron chi connectivity index (χ1n) is 8.53. The number of anilines is 1. The number of aromatic nitrogens is 3. The molecule has 4 rings (SSSR count). The van der Waals surface area contributed by atoms with E-state index < -0.39 is 0 Å². The van der Waals surface area contributed by atoms with Gasteiger partial charge in [-0.1, -0.05) is 0 Å². The van der Waals surface area contributed by atoms with Crippen LogP contribution in [0.3, 0.4) is 0 Å². The number of pyridine rings is 1. The molecule has 0 aromatic carbocycles. The Morgan fingerprint density at radius 1 is 1.35 bits per heavy atom. The van der Waals surface area contributed by atoms with Gasteiger partial charge in [0.15, 0.2) is 5.69 Å². The summed E-state index contributed by atoms with van der Waals surface area (Å²) in [6, 6.07) is 1.83. The van der Waals surface area contributed by atoms with Crippen LogP contribution in [0.1, 0.15) is 53.0 Å². The molecule has 2 aromatic rings. The van der Waals surface area contributed by atoms with E-state index in [4.69, 9.17) is 0 Å². The van der Waals surface area contributed by atoms with Crippen molar-refractivity contribution in [3.8, 4) is 0 Å². The lowest BCUT2D eigenvalue weighted by Crippen LogP contribution is -2.16. The fourth-order valence-corrected chi connectivity index (χ4v) is 3.34. The van der Waals surface area contributed by atoms with E-state index in [2.05, 4.69) is 20.1 Å². The van der Waals surface area contributed by atoms with Crippen molar-refractivity contribution >= 4 is 11.6 Å². The summed E-state index contributed by atoms with van der Waals surface area (Å²) < 4.78 is 2.11. The van der Waals surface area contributed by atoms with Crippen molar-refractivity contribution in [2.24, 2.45) is 5.92 Å². The molecule has 0 atom stereocenters. The monoisotopic (exact) mass is 310 g/mol. The first-order valence-corrected chi connectivity index (χ1v) is 8.53. The van der Waals surface area contributed by atoms with E-state index in [1.807, 2.05) is 13.0 Å². The van der Waals surface area contributed by atoms with Crippen LogP contribution in [0, 0.1) is 12.8 Å². The maximum Gasteiger partial charge on any atom is 0.276 e. The van der Waals surface area contributed by atoms with Gasteiger partial charge in [-0.3, -0.25) is 14.5 Å². The van der Waals surface area contributed by atoms with E-state index in [0.29, 0.717) is 5.69 Å². The van der Waals surface area contributed by atoms with E-state index in [-0.39, 0.29) is 5.91 Å². The van der Waals surface area contributed by atoms with Crippen LogP contribution in [-0.2, 0) is 19.4 Å². The van der Waals surface area contributed by atoms with E-state index in [1.54, 1.807) is 12.4 Å². The van der Waals surface area contributed by atoms with E-state index in [9.17, 15) is 4.79 Å². The molecular weight excluding hydrogens is 288 g/mol. The molecule has 2 aliphatic carbocycles. The van der Waals surface area contributed by atoms with E-state index in [0.717, 1.165) is 43.0 Å². The third-order valence-electron chi connectivity index (χ3n) is 4.87. The minimum absolute atomic E-state index is 0.0907. The van der Waals surface area contributed by atoms with Crippen molar-refractivity contribution in [2.75, 3.05) is 5.32 Å². The zero-order chi connectivity index (χ0) is 15.8. The third kappa shape index (κ3) is 2.87. The Morgan fingerprint density at radius 2 is 2.17 bits per heavy atom. The van der Waals surface area contributed by atoms with E-state index in [1.165, 1.54) is 30.5 Å². The van der Waals surface area contributed by atoms with Gasteiger partial charge in [-0.15, -0.1) is 0 Å². The highest BCUT2D eigenvalue weighted by atomic mass is 16.2. The van der Waals surface area contributed by atoms with Gasteiger partial charge in [0.2, 0.25) is 0 Å². The Kier molecular flexibility index (Phi) is 3.63. The van der Waals surface area contributed by atoms with Gasteiger partial charge in [0.1, 0.15) is 0 Å². The smallest absolute Gasteiger partial charge is 0.276 e. The Morgan fingerprint density at radius 3 is 2.96 bits per heavy atom. The minimum Gasteiger partial charge on any atom is -0.320 e. The molecule has 1 fully saturated rings. The van der Waals surface area contributed by atoms with Gasteiger partial charge in [0, 0.05) is 35.9 Å². The van der Waals surface area contributed by atoms with Crippen molar-refractivity contribution in [1.29, 1.82) is 0 Å². The summed E-state index contributed by atoms with van der Waals surface area (Å²) in [6.07, 6.45) is 10.4. The Balaban J connectivity index is 1.63. The largest absolute Gasteiger partial charge is 0.320 e. The van der Waals surface area contributed by atoms with Crippen LogP contribution in [0.2, 0.25) is 0 Å². The second-order valence-electron chi connectivity index (χ2n) is 6.75. The van der Waals surface area contributed by atoms with Gasteiger partial charge in [-0.2, -0.15) is 5.10 Å². The number of hydrogen-bond acceptors (Lipinski definition) is 3. The number of nitrogens with one attached hydrogen (secondary N) is 1. The number of hydrogen-bond donors (Lipinski definition) is 1. The van der Waals surface area contributed by atoms with Crippen LogP contribution >= 0.6 is 0 Å². The van der Waals surface area contributed by atoms with Crippen molar-refractivity contribution < 1.29 is 4.79 Å². The molecule has 1 N–H and O–H groups in total. The zero-order valence-corrected chi connectivity index (χ0v) is 13.5. The van der Waals surface area contributed by atoms with Crippen LogP contribution in [0.5, 0.6) is 0 Å². The second kappa shape index (κ2) is 5.80. The van der Waals surface area contributed by atoms with E-state index >= 15 is 0 Å². The Bertz CT molecular complexity index is 745. The number of carbonyl (C=O) groups is 1. The summed E-state index contributed by atoms with van der Waals surface area (Å²) in [4.78, 5) is 16.8. The first-order chi connectivity index (χ1) is 11.2. The average Bonchev–Trinajstić information content (AvgIpc) is 3.30. The van der Waals surface area contributed by atoms with Crippen LogP contribution in [0.25, 0.3) is 0 Å². The number of carbonyl (C=O) groups excluding carboxylic acids is 1. The molecule has 0 unspecified atom stereocenters. The molecule has 120 valence electrons. The van der Waals surface area contributed by atoms with Crippen molar-refractivity contribution in [1.82, 2.24) is 14.8 Å². The molecule has 5 heteroatoms. The molecule has 0 radical (unpaired) electrons. The van der Waals surface area contributed by atoms with Crippen molar-refractivity contribution in [3.05, 3.63) is 41.0 Å². The minimum atomic E-state index is -0.0907. The van der Waals surface area contributed by atoms with Crippen LogP contribution in [-0.4, -0.2) is 20.7 Å². The molecule has 0 aliphatic heterocycles.